The van der Waals surface area contributed by atoms with Crippen LogP contribution in [0.2, 0.25) is 0 Å². The summed E-state index contributed by atoms with van der Waals surface area (Å²) in [5.74, 6) is -1.44. The number of fused-ring (bicyclic) bond motifs is 2. The van der Waals surface area contributed by atoms with Gasteiger partial charge in [0.1, 0.15) is 11.5 Å². The molecule has 0 spiro atoms. The third kappa shape index (κ3) is 3.45. The van der Waals surface area contributed by atoms with Crippen molar-refractivity contribution in [3.63, 3.8) is 0 Å². The summed E-state index contributed by atoms with van der Waals surface area (Å²) in [4.78, 5) is 35.0. The number of nitro benzene ring substituents is 1. The SMILES string of the molecule is O=CC(=O)c1c2c([N+](=O)[O-])cccc2cn1-c1ccc(F)cc1C=Cc1n[nH]c2ccccc12. The number of nitro groups is 1. The van der Waals surface area contributed by atoms with Crippen LogP contribution in [0.15, 0.2) is 66.9 Å². The van der Waals surface area contributed by atoms with E-state index < -0.39 is 16.5 Å². The molecule has 0 fully saturated rings. The highest BCUT2D eigenvalue weighted by molar-refractivity contribution is 6.36. The molecule has 0 aliphatic rings. The number of carbonyl (C=O) groups is 2. The van der Waals surface area contributed by atoms with E-state index in [0.717, 1.165) is 10.9 Å². The molecule has 2 heterocycles. The van der Waals surface area contributed by atoms with Crippen LogP contribution in [0, 0.1) is 15.9 Å². The number of aromatic amines is 1. The fraction of sp³-hybridized carbons (Fsp3) is 0. The summed E-state index contributed by atoms with van der Waals surface area (Å²) in [6.45, 7) is 0. The molecule has 34 heavy (non-hydrogen) atoms. The van der Waals surface area contributed by atoms with Gasteiger partial charge in [-0.25, -0.2) is 4.39 Å². The van der Waals surface area contributed by atoms with E-state index in [0.29, 0.717) is 22.3 Å². The Hall–Kier alpha value is -4.92. The van der Waals surface area contributed by atoms with Gasteiger partial charge in [-0.1, -0.05) is 36.4 Å². The van der Waals surface area contributed by atoms with E-state index in [1.807, 2.05) is 24.3 Å². The Morgan fingerprint density at radius 2 is 1.91 bits per heavy atom. The van der Waals surface area contributed by atoms with Crippen LogP contribution < -0.4 is 0 Å². The number of carbonyl (C=O) groups excluding carboxylic acids is 2. The molecule has 3 aromatic carbocycles. The Morgan fingerprint density at radius 1 is 1.09 bits per heavy atom. The fourth-order valence-electron chi connectivity index (χ4n) is 4.05. The third-order valence-electron chi connectivity index (χ3n) is 5.53. The topological polar surface area (TPSA) is 111 Å². The summed E-state index contributed by atoms with van der Waals surface area (Å²) in [6.07, 6.45) is 4.96. The van der Waals surface area contributed by atoms with Gasteiger partial charge in [0, 0.05) is 28.6 Å². The van der Waals surface area contributed by atoms with Gasteiger partial charge in [0.25, 0.3) is 5.69 Å². The fourth-order valence-corrected chi connectivity index (χ4v) is 4.05. The van der Waals surface area contributed by atoms with E-state index in [4.69, 9.17) is 0 Å². The second-order valence-electron chi connectivity index (χ2n) is 7.52. The Bertz CT molecular complexity index is 1650. The third-order valence-corrected chi connectivity index (χ3v) is 5.53. The molecule has 166 valence electrons. The van der Waals surface area contributed by atoms with Gasteiger partial charge in [-0.05, 0) is 30.3 Å². The lowest BCUT2D eigenvalue weighted by Crippen LogP contribution is -2.10. The van der Waals surface area contributed by atoms with Crippen molar-refractivity contribution in [3.8, 4) is 5.69 Å². The molecule has 0 aliphatic carbocycles. The number of aldehydes is 1. The first kappa shape index (κ1) is 21.0. The summed E-state index contributed by atoms with van der Waals surface area (Å²) in [7, 11) is 0. The summed E-state index contributed by atoms with van der Waals surface area (Å²) < 4.78 is 15.6. The lowest BCUT2D eigenvalue weighted by Gasteiger charge is -2.11. The number of ketones is 1. The lowest BCUT2D eigenvalue weighted by atomic mass is 10.1. The maximum Gasteiger partial charge on any atom is 0.279 e. The first-order chi connectivity index (χ1) is 16.5. The molecular weight excluding hydrogens is 439 g/mol. The Morgan fingerprint density at radius 3 is 2.71 bits per heavy atom. The van der Waals surface area contributed by atoms with Crippen LogP contribution in [-0.2, 0) is 4.79 Å². The molecule has 9 heteroatoms. The lowest BCUT2D eigenvalue weighted by molar-refractivity contribution is -0.383. The minimum Gasteiger partial charge on any atom is -0.312 e. The molecule has 1 N–H and O–H groups in total. The summed E-state index contributed by atoms with van der Waals surface area (Å²) in [5, 5.41) is 20.1. The number of halogens is 1. The van der Waals surface area contributed by atoms with Gasteiger partial charge in [0.05, 0.1) is 27.2 Å². The van der Waals surface area contributed by atoms with Crippen molar-refractivity contribution < 1.29 is 18.9 Å². The van der Waals surface area contributed by atoms with Crippen LogP contribution in [0.1, 0.15) is 21.7 Å². The molecule has 0 saturated carbocycles. The average molecular weight is 454 g/mol. The summed E-state index contributed by atoms with van der Waals surface area (Å²) in [6, 6.07) is 15.8. The monoisotopic (exact) mass is 454 g/mol. The highest BCUT2D eigenvalue weighted by atomic mass is 19.1. The zero-order valence-electron chi connectivity index (χ0n) is 17.4. The molecule has 0 atom stereocenters. The van der Waals surface area contributed by atoms with Gasteiger partial charge < -0.3 is 4.57 Å². The second kappa shape index (κ2) is 8.21. The molecule has 5 aromatic rings. The van der Waals surface area contributed by atoms with Gasteiger partial charge >= 0.3 is 0 Å². The highest BCUT2D eigenvalue weighted by Crippen LogP contribution is 2.34. The van der Waals surface area contributed by atoms with Gasteiger partial charge in [0.15, 0.2) is 6.29 Å². The molecule has 2 aromatic heterocycles. The standard InChI is InChI=1S/C25H15FN4O4/c26-17-9-11-21(15(12-17)8-10-20-18-5-1-2-6-19(18)27-28-20)29-13-16-4-3-7-22(30(33)34)24(16)25(29)23(32)14-31/h1-14H,(H,27,28). The Kier molecular flexibility index (Phi) is 5.06. The molecule has 0 saturated heterocycles. The number of Topliss-reactive ketones (excluding diaryl/α,β-unsaturated/α-hetero) is 1. The quantitative estimate of drug-likeness (QED) is 0.126. The second-order valence-corrected chi connectivity index (χ2v) is 7.52. The summed E-state index contributed by atoms with van der Waals surface area (Å²) in [5.41, 5.74) is 1.75. The number of aromatic nitrogens is 3. The van der Waals surface area contributed by atoms with E-state index in [-0.39, 0.29) is 23.1 Å². The molecule has 8 nitrogen and oxygen atoms in total. The number of nitrogens with zero attached hydrogens (tertiary/aromatic N) is 3. The summed E-state index contributed by atoms with van der Waals surface area (Å²) >= 11 is 0. The van der Waals surface area contributed by atoms with Crippen molar-refractivity contribution in [2.24, 2.45) is 0 Å². The van der Waals surface area contributed by atoms with Crippen molar-refractivity contribution in [1.82, 2.24) is 14.8 Å². The first-order valence-electron chi connectivity index (χ1n) is 10.2. The number of H-pyrrole nitrogens is 1. The van der Waals surface area contributed by atoms with E-state index >= 15 is 0 Å². The van der Waals surface area contributed by atoms with E-state index in [1.165, 1.54) is 41.1 Å². The minimum atomic E-state index is -0.929. The molecule has 5 rings (SSSR count). The zero-order valence-corrected chi connectivity index (χ0v) is 17.4. The van der Waals surface area contributed by atoms with Crippen LogP contribution in [-0.4, -0.2) is 31.8 Å². The van der Waals surface area contributed by atoms with E-state index in [1.54, 1.807) is 18.2 Å². The maximum atomic E-state index is 14.2. The molecule has 0 bridgehead atoms. The van der Waals surface area contributed by atoms with E-state index in [2.05, 4.69) is 10.2 Å². The average Bonchev–Trinajstić information content (AvgIpc) is 3.43. The predicted molar refractivity (Wildman–Crippen MR) is 125 cm³/mol. The molecular formula is C25H15FN4O4. The van der Waals surface area contributed by atoms with Gasteiger partial charge in [-0.2, -0.15) is 5.10 Å². The smallest absolute Gasteiger partial charge is 0.279 e. The normalized spacial score (nSPS) is 11.4. The van der Waals surface area contributed by atoms with Crippen LogP contribution in [0.4, 0.5) is 10.1 Å². The number of para-hydroxylation sites is 1. The van der Waals surface area contributed by atoms with Gasteiger partial charge in [-0.3, -0.25) is 24.8 Å². The van der Waals surface area contributed by atoms with Gasteiger partial charge in [0.2, 0.25) is 5.78 Å². The first-order valence-corrected chi connectivity index (χ1v) is 10.2. The van der Waals surface area contributed by atoms with Crippen molar-refractivity contribution >= 4 is 51.6 Å². The Balaban J connectivity index is 1.73. The van der Waals surface area contributed by atoms with Crippen molar-refractivity contribution in [1.29, 1.82) is 0 Å². The molecule has 0 amide bonds. The number of non-ortho nitro benzene ring substituents is 1. The van der Waals surface area contributed by atoms with E-state index in [9.17, 15) is 24.1 Å². The minimum absolute atomic E-state index is 0.0437. The molecule has 0 radical (unpaired) electrons. The number of hydrogen-bond acceptors (Lipinski definition) is 5. The van der Waals surface area contributed by atoms with Crippen LogP contribution in [0.5, 0.6) is 0 Å². The Labute approximate surface area is 191 Å². The number of rotatable bonds is 6. The number of nitrogens with one attached hydrogen (secondary N) is 1. The van der Waals surface area contributed by atoms with Crippen LogP contribution in [0.25, 0.3) is 39.5 Å². The van der Waals surface area contributed by atoms with Crippen LogP contribution >= 0.6 is 0 Å². The molecule has 0 unspecified atom stereocenters. The highest BCUT2D eigenvalue weighted by Gasteiger charge is 2.25. The maximum absolute atomic E-state index is 14.2. The zero-order chi connectivity index (χ0) is 23.8. The van der Waals surface area contributed by atoms with Gasteiger partial charge in [-0.15, -0.1) is 0 Å². The number of benzene rings is 3. The van der Waals surface area contributed by atoms with Crippen molar-refractivity contribution in [2.75, 3.05) is 0 Å². The number of hydrogen-bond donors (Lipinski definition) is 1. The largest absolute Gasteiger partial charge is 0.312 e. The molecule has 0 aliphatic heterocycles. The van der Waals surface area contributed by atoms with Crippen molar-refractivity contribution in [2.45, 2.75) is 0 Å². The van der Waals surface area contributed by atoms with Crippen molar-refractivity contribution in [3.05, 3.63) is 99.7 Å². The predicted octanol–water partition coefficient (Wildman–Crippen LogP) is 5.11. The van der Waals surface area contributed by atoms with Crippen LogP contribution in [0.3, 0.4) is 0 Å².